The van der Waals surface area contributed by atoms with E-state index < -0.39 is 0 Å². The Kier molecular flexibility index (Phi) is 7.15. The van der Waals surface area contributed by atoms with Gasteiger partial charge in [0.05, 0.1) is 12.2 Å². The monoisotopic (exact) mass is 501 g/mol. The zero-order valence-corrected chi connectivity index (χ0v) is 22.6. The highest BCUT2D eigenvalue weighted by Crippen LogP contribution is 2.61. The third-order valence-corrected chi connectivity index (χ3v) is 9.65. The van der Waals surface area contributed by atoms with E-state index in [0.29, 0.717) is 24.7 Å². The number of ether oxygens (including phenoxy) is 2. The van der Waals surface area contributed by atoms with E-state index in [2.05, 4.69) is 60.4 Å². The van der Waals surface area contributed by atoms with Crippen LogP contribution in [-0.2, 0) is 27.8 Å². The maximum atomic E-state index is 13.2. The highest BCUT2D eigenvalue weighted by Gasteiger charge is 2.67. The first-order valence-corrected chi connectivity index (χ1v) is 14.8. The normalized spacial score (nSPS) is 29.0. The lowest BCUT2D eigenvalue weighted by Crippen LogP contribution is -2.74. The number of piperidine rings is 1. The summed E-state index contributed by atoms with van der Waals surface area (Å²) >= 11 is 0. The lowest BCUT2D eigenvalue weighted by Gasteiger charge is -2.65. The van der Waals surface area contributed by atoms with Crippen LogP contribution in [0.2, 0.25) is 0 Å². The molecule has 1 saturated heterocycles. The summed E-state index contributed by atoms with van der Waals surface area (Å²) in [5.41, 5.74) is 3.47. The molecule has 0 aromatic heterocycles. The fourth-order valence-corrected chi connectivity index (χ4v) is 7.71. The van der Waals surface area contributed by atoms with Gasteiger partial charge < -0.3 is 9.47 Å². The van der Waals surface area contributed by atoms with Crippen molar-refractivity contribution in [3.8, 4) is 5.75 Å². The molecule has 2 saturated carbocycles. The van der Waals surface area contributed by atoms with Crippen LogP contribution in [0.15, 0.2) is 48.5 Å². The molecular weight excluding hydrogens is 458 g/mol. The van der Waals surface area contributed by atoms with Gasteiger partial charge in [0.1, 0.15) is 11.5 Å². The van der Waals surface area contributed by atoms with Gasteiger partial charge in [-0.15, -0.1) is 0 Å². The maximum Gasteiger partial charge on any atom is 0.134 e. The second-order valence-corrected chi connectivity index (χ2v) is 12.0. The molecule has 1 heterocycles. The van der Waals surface area contributed by atoms with Gasteiger partial charge in [-0.3, -0.25) is 9.69 Å². The van der Waals surface area contributed by atoms with Crippen LogP contribution < -0.4 is 4.74 Å². The van der Waals surface area contributed by atoms with Crippen LogP contribution in [0.3, 0.4) is 0 Å². The fourth-order valence-electron chi connectivity index (χ4n) is 7.71. The Morgan fingerprint density at radius 2 is 1.86 bits per heavy atom. The number of carbonyl (C=O) groups is 1. The lowest BCUT2D eigenvalue weighted by molar-refractivity contribution is -0.201. The van der Waals surface area contributed by atoms with E-state index in [4.69, 9.17) is 9.47 Å². The molecule has 6 rings (SSSR count). The van der Waals surface area contributed by atoms with Gasteiger partial charge in [-0.1, -0.05) is 55.8 Å². The van der Waals surface area contributed by atoms with Gasteiger partial charge in [0.25, 0.3) is 0 Å². The number of hydrogen-bond acceptors (Lipinski definition) is 4. The van der Waals surface area contributed by atoms with Gasteiger partial charge >= 0.3 is 0 Å². The molecule has 1 aliphatic heterocycles. The number of ketones is 1. The quantitative estimate of drug-likeness (QED) is 0.340. The minimum Gasteiger partial charge on any atom is -0.493 e. The largest absolute Gasteiger partial charge is 0.493 e. The number of fused-ring (bicyclic) bond motifs is 1. The van der Waals surface area contributed by atoms with Crippen molar-refractivity contribution < 1.29 is 14.3 Å². The average Bonchev–Trinajstić information content (AvgIpc) is 3.73. The Hall–Kier alpha value is -2.17. The maximum absolute atomic E-state index is 13.2. The molecule has 0 N–H and O–H groups in total. The van der Waals surface area contributed by atoms with Crippen LogP contribution in [0.5, 0.6) is 5.75 Å². The number of aryl methyl sites for hydroxylation is 1. The third kappa shape index (κ3) is 4.65. The van der Waals surface area contributed by atoms with E-state index in [-0.39, 0.29) is 11.0 Å². The van der Waals surface area contributed by atoms with E-state index in [1.165, 1.54) is 36.1 Å². The second-order valence-electron chi connectivity index (χ2n) is 12.0. The summed E-state index contributed by atoms with van der Waals surface area (Å²) in [5, 5.41) is 0. The number of benzene rings is 2. The number of unbranched alkanes of at least 4 members (excludes halogenated alkanes) is 1. The van der Waals surface area contributed by atoms with Gasteiger partial charge in [-0.05, 0) is 81.0 Å². The number of carbonyl (C=O) groups excluding carboxylic acids is 1. The molecule has 2 aromatic carbocycles. The van der Waals surface area contributed by atoms with Crippen molar-refractivity contribution in [2.24, 2.45) is 5.92 Å². The highest BCUT2D eigenvalue weighted by molar-refractivity contribution is 5.83. The van der Waals surface area contributed by atoms with Crippen molar-refractivity contribution >= 4 is 5.78 Å². The Bertz CT molecular complexity index is 1100. The molecule has 2 bridgehead atoms. The van der Waals surface area contributed by atoms with Gasteiger partial charge in [-0.2, -0.15) is 0 Å². The highest BCUT2D eigenvalue weighted by atomic mass is 16.5. The average molecular weight is 502 g/mol. The van der Waals surface area contributed by atoms with Crippen molar-refractivity contribution in [3.63, 3.8) is 0 Å². The summed E-state index contributed by atoms with van der Waals surface area (Å²) in [7, 11) is 0. The van der Waals surface area contributed by atoms with Crippen LogP contribution in [0.1, 0.15) is 81.4 Å². The first kappa shape index (κ1) is 25.1. The molecule has 2 aromatic rings. The molecule has 0 unspecified atom stereocenters. The summed E-state index contributed by atoms with van der Waals surface area (Å²) in [4.78, 5) is 16.0. The van der Waals surface area contributed by atoms with Crippen molar-refractivity contribution in [1.29, 1.82) is 0 Å². The van der Waals surface area contributed by atoms with E-state index >= 15 is 0 Å². The minimum atomic E-state index is -0.318. The summed E-state index contributed by atoms with van der Waals surface area (Å²) in [5.74, 6) is 2.25. The molecule has 3 atom stereocenters. The Morgan fingerprint density at radius 3 is 2.68 bits per heavy atom. The molecule has 0 radical (unpaired) electrons. The van der Waals surface area contributed by atoms with Crippen molar-refractivity contribution in [3.05, 3.63) is 65.2 Å². The molecule has 0 amide bonds. The van der Waals surface area contributed by atoms with Crippen LogP contribution >= 0.6 is 0 Å². The van der Waals surface area contributed by atoms with Gasteiger partial charge in [-0.25, -0.2) is 0 Å². The van der Waals surface area contributed by atoms with E-state index in [1.807, 2.05) is 0 Å². The lowest BCUT2D eigenvalue weighted by atomic mass is 9.49. The molecular formula is C33H43NO3. The minimum absolute atomic E-state index is 0.282. The van der Waals surface area contributed by atoms with Crippen LogP contribution in [0.25, 0.3) is 0 Å². The summed E-state index contributed by atoms with van der Waals surface area (Å²) in [6.07, 6.45) is 11.0. The number of likely N-dealkylation sites (tertiary alicyclic amines) is 1. The first-order chi connectivity index (χ1) is 18.1. The number of hydrogen-bond donors (Lipinski definition) is 0. The van der Waals surface area contributed by atoms with Crippen LogP contribution in [0, 0.1) is 5.92 Å². The van der Waals surface area contributed by atoms with Crippen molar-refractivity contribution in [2.75, 3.05) is 26.3 Å². The molecule has 4 heteroatoms. The molecule has 4 nitrogen and oxygen atoms in total. The number of nitrogens with zero attached hydrogens (tertiary/aromatic N) is 1. The zero-order valence-electron chi connectivity index (χ0n) is 22.6. The standard InChI is InChI=1S/C33H43NO3/c1-2-3-20-36-29-13-7-12-27-22-30-33(37-21-8-11-25-9-5-4-6-10-25)17-16-28(35)23-32(33,31(27)29)18-19-34(30)24-26-14-15-26/h4-7,9-10,12-13,26,30H,2-3,8,11,14-24H2,1H3/t30-,32-,33-/m1/s1. The van der Waals surface area contributed by atoms with Gasteiger partial charge in [0.15, 0.2) is 0 Å². The van der Waals surface area contributed by atoms with Crippen LogP contribution in [-0.4, -0.2) is 48.6 Å². The second kappa shape index (κ2) is 10.5. The predicted octanol–water partition coefficient (Wildman–Crippen LogP) is 6.28. The summed E-state index contributed by atoms with van der Waals surface area (Å²) in [6.45, 7) is 5.93. The van der Waals surface area contributed by atoms with Crippen molar-refractivity contribution in [2.45, 2.75) is 94.6 Å². The smallest absolute Gasteiger partial charge is 0.134 e. The number of rotatable bonds is 11. The summed E-state index contributed by atoms with van der Waals surface area (Å²) < 4.78 is 13.7. The van der Waals surface area contributed by atoms with Gasteiger partial charge in [0.2, 0.25) is 0 Å². The molecule has 4 aliphatic rings. The van der Waals surface area contributed by atoms with Crippen LogP contribution in [0.4, 0.5) is 0 Å². The topological polar surface area (TPSA) is 38.8 Å². The Morgan fingerprint density at radius 1 is 1.00 bits per heavy atom. The number of Topliss-reactive ketones (excluding diaryl/α,β-unsaturated/α-hetero) is 1. The SMILES string of the molecule is CCCCOc1cccc2c1[C@]13CCN(CC4CC4)[C@H](C2)[C@]1(OCCCc1ccccc1)CCC(=O)C3. The molecule has 3 aliphatic carbocycles. The zero-order chi connectivity index (χ0) is 25.3. The van der Waals surface area contributed by atoms with Crippen molar-refractivity contribution in [1.82, 2.24) is 4.90 Å². The molecule has 198 valence electrons. The Labute approximate surface area is 222 Å². The van der Waals surface area contributed by atoms with E-state index in [1.54, 1.807) is 0 Å². The molecule has 37 heavy (non-hydrogen) atoms. The predicted molar refractivity (Wildman–Crippen MR) is 147 cm³/mol. The molecule has 3 fully saturated rings. The van der Waals surface area contributed by atoms with Gasteiger partial charge in [0, 0.05) is 43.0 Å². The molecule has 0 spiro atoms. The Balaban J connectivity index is 1.36. The summed E-state index contributed by atoms with van der Waals surface area (Å²) in [6, 6.07) is 17.7. The van der Waals surface area contributed by atoms with E-state index in [9.17, 15) is 4.79 Å². The van der Waals surface area contributed by atoms with E-state index in [0.717, 1.165) is 76.4 Å². The fraction of sp³-hybridized carbons (Fsp3) is 0.606. The third-order valence-electron chi connectivity index (χ3n) is 9.65. The first-order valence-electron chi connectivity index (χ1n) is 14.8.